The van der Waals surface area contributed by atoms with Gasteiger partial charge in [-0.1, -0.05) is 40.9 Å². The number of fused-ring (bicyclic) bond motifs is 1. The van der Waals surface area contributed by atoms with E-state index in [-0.39, 0.29) is 17.5 Å². The maximum absolute atomic E-state index is 12.8. The molecule has 0 spiro atoms. The fourth-order valence-electron chi connectivity index (χ4n) is 2.79. The average molecular weight is 449 g/mol. The third-order valence-corrected chi connectivity index (χ3v) is 4.91. The maximum atomic E-state index is 12.8. The van der Waals surface area contributed by atoms with Crippen LogP contribution in [0.25, 0.3) is 16.7 Å². The molecule has 0 atom stereocenters. The highest BCUT2D eigenvalue weighted by atomic mass is 35.5. The molecular formula is C19H12Cl3N5O2. The predicted octanol–water partition coefficient (Wildman–Crippen LogP) is 4.18. The summed E-state index contributed by atoms with van der Waals surface area (Å²) < 4.78 is 2.71. The van der Waals surface area contributed by atoms with Crippen molar-refractivity contribution in [2.45, 2.75) is 6.54 Å². The lowest BCUT2D eigenvalue weighted by molar-refractivity contribution is -0.116. The van der Waals surface area contributed by atoms with Crippen molar-refractivity contribution in [1.82, 2.24) is 19.3 Å². The van der Waals surface area contributed by atoms with E-state index in [4.69, 9.17) is 34.8 Å². The van der Waals surface area contributed by atoms with E-state index in [1.54, 1.807) is 36.4 Å². The Bertz CT molecular complexity index is 1300. The number of anilines is 1. The second-order valence-corrected chi connectivity index (χ2v) is 7.40. The molecule has 10 heteroatoms. The summed E-state index contributed by atoms with van der Waals surface area (Å²) in [5.41, 5.74) is 1.06. The quantitative estimate of drug-likeness (QED) is 0.508. The Morgan fingerprint density at radius 1 is 1.07 bits per heavy atom. The standard InChI is InChI=1S/C19H12Cl3N5O2/c20-11-2-1-3-13(6-11)27-18-14(8-24-27)19(29)26(10-23-18)9-17(28)25-16-5-4-12(21)7-15(16)22/h1-8,10H,9H2,(H,25,28). The van der Waals surface area contributed by atoms with Crippen LogP contribution in [0, 0.1) is 0 Å². The van der Waals surface area contributed by atoms with Crippen molar-refractivity contribution in [2.75, 3.05) is 5.32 Å². The Hall–Kier alpha value is -2.87. The lowest BCUT2D eigenvalue weighted by Gasteiger charge is -2.09. The smallest absolute Gasteiger partial charge is 0.264 e. The fraction of sp³-hybridized carbons (Fsp3) is 0.0526. The van der Waals surface area contributed by atoms with Crippen LogP contribution in [0.1, 0.15) is 0 Å². The summed E-state index contributed by atoms with van der Waals surface area (Å²) in [6.45, 7) is -0.233. The first-order chi connectivity index (χ1) is 13.9. The number of carbonyl (C=O) groups is 1. The lowest BCUT2D eigenvalue weighted by Crippen LogP contribution is -2.28. The number of nitrogens with zero attached hydrogens (tertiary/aromatic N) is 4. The lowest BCUT2D eigenvalue weighted by atomic mass is 10.3. The average Bonchev–Trinajstić information content (AvgIpc) is 3.11. The molecule has 0 saturated carbocycles. The minimum atomic E-state index is -0.431. The van der Waals surface area contributed by atoms with Crippen molar-refractivity contribution in [1.29, 1.82) is 0 Å². The Morgan fingerprint density at radius 2 is 1.86 bits per heavy atom. The number of aromatic nitrogens is 4. The van der Waals surface area contributed by atoms with E-state index in [2.05, 4.69) is 15.4 Å². The highest BCUT2D eigenvalue weighted by Crippen LogP contribution is 2.25. The molecule has 0 aliphatic heterocycles. The van der Waals surface area contributed by atoms with E-state index in [0.29, 0.717) is 32.1 Å². The molecule has 1 amide bonds. The van der Waals surface area contributed by atoms with E-state index >= 15 is 0 Å². The number of halogens is 3. The molecule has 7 nitrogen and oxygen atoms in total. The molecule has 2 heterocycles. The summed E-state index contributed by atoms with van der Waals surface area (Å²) in [5, 5.41) is 8.45. The van der Waals surface area contributed by atoms with Crippen molar-refractivity contribution < 1.29 is 4.79 Å². The molecule has 1 N–H and O–H groups in total. The normalized spacial score (nSPS) is 11.0. The van der Waals surface area contributed by atoms with Gasteiger partial charge in [-0.3, -0.25) is 14.2 Å². The third-order valence-electron chi connectivity index (χ3n) is 4.13. The van der Waals surface area contributed by atoms with Gasteiger partial charge in [0.05, 0.1) is 22.6 Å². The number of hydrogen-bond donors (Lipinski definition) is 1. The predicted molar refractivity (Wildman–Crippen MR) is 113 cm³/mol. The van der Waals surface area contributed by atoms with Crippen molar-refractivity contribution in [3.63, 3.8) is 0 Å². The highest BCUT2D eigenvalue weighted by Gasteiger charge is 2.14. The SMILES string of the molecule is O=C(Cn1cnc2c(cnn2-c2cccc(Cl)c2)c1=O)Nc1ccc(Cl)cc1Cl. The van der Waals surface area contributed by atoms with Crippen LogP contribution in [0.15, 0.2) is 59.8 Å². The largest absolute Gasteiger partial charge is 0.323 e. The molecule has 29 heavy (non-hydrogen) atoms. The number of rotatable bonds is 4. The molecule has 0 radical (unpaired) electrons. The molecule has 4 rings (SSSR count). The van der Waals surface area contributed by atoms with Gasteiger partial charge in [0, 0.05) is 10.0 Å². The van der Waals surface area contributed by atoms with Gasteiger partial charge >= 0.3 is 0 Å². The number of carbonyl (C=O) groups excluding carboxylic acids is 1. The van der Waals surface area contributed by atoms with Crippen LogP contribution in [-0.2, 0) is 11.3 Å². The van der Waals surface area contributed by atoms with Crippen molar-refractivity contribution >= 4 is 57.4 Å². The molecule has 0 saturated heterocycles. The van der Waals surface area contributed by atoms with Gasteiger partial charge in [-0.15, -0.1) is 0 Å². The van der Waals surface area contributed by atoms with Crippen LogP contribution >= 0.6 is 34.8 Å². The maximum Gasteiger partial charge on any atom is 0.264 e. The van der Waals surface area contributed by atoms with E-state index in [1.165, 1.54) is 27.8 Å². The third kappa shape index (κ3) is 3.98. The summed E-state index contributed by atoms with van der Waals surface area (Å²) in [6.07, 6.45) is 2.71. The van der Waals surface area contributed by atoms with Crippen LogP contribution in [0.5, 0.6) is 0 Å². The van der Waals surface area contributed by atoms with Gasteiger partial charge in [-0.25, -0.2) is 9.67 Å². The Morgan fingerprint density at radius 3 is 2.62 bits per heavy atom. The van der Waals surface area contributed by atoms with Crippen LogP contribution < -0.4 is 10.9 Å². The molecule has 4 aromatic rings. The summed E-state index contributed by atoms with van der Waals surface area (Å²) >= 11 is 17.9. The summed E-state index contributed by atoms with van der Waals surface area (Å²) in [7, 11) is 0. The zero-order chi connectivity index (χ0) is 20.5. The first-order valence-electron chi connectivity index (χ1n) is 8.36. The highest BCUT2D eigenvalue weighted by molar-refractivity contribution is 6.36. The number of hydrogen-bond acceptors (Lipinski definition) is 4. The van der Waals surface area contributed by atoms with E-state index in [0.717, 1.165) is 0 Å². The Balaban J connectivity index is 1.61. The van der Waals surface area contributed by atoms with Crippen molar-refractivity contribution in [3.05, 3.63) is 80.4 Å². The number of amides is 1. The molecule has 0 fully saturated rings. The van der Waals surface area contributed by atoms with Crippen molar-refractivity contribution in [2.24, 2.45) is 0 Å². The fourth-order valence-corrected chi connectivity index (χ4v) is 3.43. The monoisotopic (exact) mass is 447 g/mol. The molecule has 0 unspecified atom stereocenters. The first kappa shape index (κ1) is 19.4. The summed E-state index contributed by atoms with van der Waals surface area (Å²) in [4.78, 5) is 29.4. The van der Waals surface area contributed by atoms with Crippen LogP contribution in [0.4, 0.5) is 5.69 Å². The molecule has 0 aliphatic rings. The molecule has 0 aliphatic carbocycles. The minimum Gasteiger partial charge on any atom is -0.323 e. The summed E-state index contributed by atoms with van der Waals surface area (Å²) in [6, 6.07) is 11.7. The molecule has 0 bridgehead atoms. The molecule has 2 aromatic carbocycles. The zero-order valence-electron chi connectivity index (χ0n) is 14.6. The summed E-state index contributed by atoms with van der Waals surface area (Å²) in [5.74, 6) is -0.431. The topological polar surface area (TPSA) is 81.8 Å². The Labute approximate surface area is 179 Å². The van der Waals surface area contributed by atoms with Gasteiger partial charge in [0.15, 0.2) is 5.65 Å². The van der Waals surface area contributed by atoms with Gasteiger partial charge in [-0.05, 0) is 36.4 Å². The van der Waals surface area contributed by atoms with Gasteiger partial charge < -0.3 is 5.32 Å². The molecule has 2 aromatic heterocycles. The van der Waals surface area contributed by atoms with Gasteiger partial charge in [0.1, 0.15) is 18.3 Å². The van der Waals surface area contributed by atoms with Crippen LogP contribution in [0.2, 0.25) is 15.1 Å². The number of nitrogens with one attached hydrogen (secondary N) is 1. The minimum absolute atomic E-state index is 0.233. The Kier molecular flexibility index (Phi) is 5.27. The van der Waals surface area contributed by atoms with Gasteiger partial charge in [-0.2, -0.15) is 5.10 Å². The molecular weight excluding hydrogens is 437 g/mol. The van der Waals surface area contributed by atoms with Crippen LogP contribution in [0.3, 0.4) is 0 Å². The van der Waals surface area contributed by atoms with E-state index < -0.39 is 5.91 Å². The van der Waals surface area contributed by atoms with E-state index in [9.17, 15) is 9.59 Å². The zero-order valence-corrected chi connectivity index (χ0v) is 16.9. The number of benzene rings is 2. The second-order valence-electron chi connectivity index (χ2n) is 6.12. The van der Waals surface area contributed by atoms with E-state index in [1.807, 2.05) is 0 Å². The van der Waals surface area contributed by atoms with Crippen LogP contribution in [-0.4, -0.2) is 25.2 Å². The second kappa shape index (κ2) is 7.87. The van der Waals surface area contributed by atoms with Crippen molar-refractivity contribution in [3.8, 4) is 5.69 Å². The molecule has 146 valence electrons. The van der Waals surface area contributed by atoms with Gasteiger partial charge in [0.25, 0.3) is 5.56 Å². The van der Waals surface area contributed by atoms with Gasteiger partial charge in [0.2, 0.25) is 5.91 Å². The first-order valence-corrected chi connectivity index (χ1v) is 9.50.